The number of phenolic OH excluding ortho intramolecular Hbond substituents is 1. The van der Waals surface area contributed by atoms with Crippen LogP contribution in [0.5, 0.6) is 5.75 Å². The Hall–Kier alpha value is -1.34. The molecule has 5 nitrogen and oxygen atoms in total. The molecule has 0 bridgehead atoms. The summed E-state index contributed by atoms with van der Waals surface area (Å²) in [5, 5.41) is 20.1. The average molecular weight is 314 g/mol. The first-order valence-corrected chi connectivity index (χ1v) is 6.45. The molecule has 1 heterocycles. The first kappa shape index (κ1) is 12.1. The molecule has 17 heavy (non-hydrogen) atoms. The number of nitrogens with one attached hydrogen (secondary N) is 1. The molecule has 0 aliphatic carbocycles. The second kappa shape index (κ2) is 5.33. The topological polar surface area (TPSA) is 74.0 Å². The van der Waals surface area contributed by atoms with E-state index in [1.807, 2.05) is 0 Å². The van der Waals surface area contributed by atoms with Crippen LogP contribution in [0.1, 0.15) is 5.56 Å². The summed E-state index contributed by atoms with van der Waals surface area (Å²) < 4.78 is 0.808. The minimum Gasteiger partial charge on any atom is -0.508 e. The maximum atomic E-state index is 10.9. The standard InChI is InChI=1S/C10H8BrN3O2S/c11-8-2-1-7(15)3-6(8)4-12-14-10-13-9(16)5-17-10/h1-4,15H,5H2,(H,13,14,16)/b12-4+. The number of aromatic hydroxyl groups is 1. The zero-order valence-electron chi connectivity index (χ0n) is 8.55. The van der Waals surface area contributed by atoms with E-state index < -0.39 is 0 Å². The lowest BCUT2D eigenvalue weighted by Crippen LogP contribution is -2.19. The van der Waals surface area contributed by atoms with Crippen molar-refractivity contribution in [2.75, 3.05) is 5.75 Å². The van der Waals surface area contributed by atoms with Crippen LogP contribution in [0, 0.1) is 0 Å². The second-order valence-electron chi connectivity index (χ2n) is 3.19. The fourth-order valence-electron chi connectivity index (χ4n) is 1.15. The van der Waals surface area contributed by atoms with Gasteiger partial charge < -0.3 is 10.4 Å². The number of hydrogen-bond donors (Lipinski definition) is 2. The summed E-state index contributed by atoms with van der Waals surface area (Å²) in [6.45, 7) is 0. The first-order valence-electron chi connectivity index (χ1n) is 4.67. The molecular weight excluding hydrogens is 306 g/mol. The van der Waals surface area contributed by atoms with Crippen molar-refractivity contribution in [3.63, 3.8) is 0 Å². The number of nitrogens with zero attached hydrogens (tertiary/aromatic N) is 2. The molecular formula is C10H8BrN3O2S. The number of amidine groups is 1. The van der Waals surface area contributed by atoms with Gasteiger partial charge >= 0.3 is 0 Å². The molecule has 0 aromatic heterocycles. The third-order valence-corrected chi connectivity index (χ3v) is 3.50. The predicted octanol–water partition coefficient (Wildman–Crippen LogP) is 1.71. The van der Waals surface area contributed by atoms with E-state index in [1.165, 1.54) is 18.0 Å². The van der Waals surface area contributed by atoms with E-state index >= 15 is 0 Å². The largest absolute Gasteiger partial charge is 0.508 e. The molecule has 1 amide bonds. The molecule has 1 aliphatic heterocycles. The van der Waals surface area contributed by atoms with Crippen LogP contribution in [-0.2, 0) is 4.79 Å². The monoisotopic (exact) mass is 313 g/mol. The first-order chi connectivity index (χ1) is 8.15. The minimum atomic E-state index is -0.0671. The highest BCUT2D eigenvalue weighted by Gasteiger charge is 2.15. The van der Waals surface area contributed by atoms with Gasteiger partial charge in [0.1, 0.15) is 5.75 Å². The quantitative estimate of drug-likeness (QED) is 0.645. The van der Waals surface area contributed by atoms with Crippen molar-refractivity contribution in [2.45, 2.75) is 0 Å². The Labute approximate surface area is 110 Å². The molecule has 0 radical (unpaired) electrons. The van der Waals surface area contributed by atoms with Crippen LogP contribution in [-0.4, -0.2) is 28.1 Å². The Balaban J connectivity index is 2.10. The molecule has 1 saturated heterocycles. The lowest BCUT2D eigenvalue weighted by molar-refractivity contribution is -0.116. The lowest BCUT2D eigenvalue weighted by Gasteiger charge is -1.97. The van der Waals surface area contributed by atoms with Gasteiger partial charge in [-0.3, -0.25) is 4.79 Å². The minimum absolute atomic E-state index is 0.0671. The van der Waals surface area contributed by atoms with E-state index in [2.05, 4.69) is 31.4 Å². The SMILES string of the molecule is O=C1CS/C(=N/N=C/c2cc(O)ccc2Br)N1. The molecule has 1 aromatic rings. The van der Waals surface area contributed by atoms with Crippen molar-refractivity contribution in [3.05, 3.63) is 28.2 Å². The molecule has 88 valence electrons. The summed E-state index contributed by atoms with van der Waals surface area (Å²) in [5.41, 5.74) is 0.712. The predicted molar refractivity (Wildman–Crippen MR) is 71.4 cm³/mol. The summed E-state index contributed by atoms with van der Waals surface area (Å²) >= 11 is 4.64. The van der Waals surface area contributed by atoms with Crippen LogP contribution >= 0.6 is 27.7 Å². The number of rotatable bonds is 2. The number of amides is 1. The highest BCUT2D eigenvalue weighted by molar-refractivity contribution is 9.10. The number of halogens is 1. The molecule has 0 atom stereocenters. The molecule has 2 rings (SSSR count). The van der Waals surface area contributed by atoms with Crippen molar-refractivity contribution in [1.29, 1.82) is 0 Å². The van der Waals surface area contributed by atoms with Gasteiger partial charge in [0, 0.05) is 10.0 Å². The molecule has 1 aromatic carbocycles. The molecule has 0 unspecified atom stereocenters. The second-order valence-corrected chi connectivity index (χ2v) is 5.01. The van der Waals surface area contributed by atoms with E-state index in [-0.39, 0.29) is 11.7 Å². The Morgan fingerprint density at radius 3 is 3.06 bits per heavy atom. The Bertz CT molecular complexity index is 516. The van der Waals surface area contributed by atoms with Crippen molar-refractivity contribution >= 4 is 45.0 Å². The van der Waals surface area contributed by atoms with Crippen molar-refractivity contribution in [3.8, 4) is 5.75 Å². The Morgan fingerprint density at radius 1 is 1.53 bits per heavy atom. The zero-order valence-corrected chi connectivity index (χ0v) is 11.0. The maximum Gasteiger partial charge on any atom is 0.236 e. The van der Waals surface area contributed by atoms with Gasteiger partial charge in [0.15, 0.2) is 5.17 Å². The van der Waals surface area contributed by atoms with Crippen molar-refractivity contribution in [2.24, 2.45) is 10.2 Å². The van der Waals surface area contributed by atoms with E-state index in [4.69, 9.17) is 0 Å². The van der Waals surface area contributed by atoms with Crippen LogP contribution in [0.4, 0.5) is 0 Å². The summed E-state index contributed by atoms with van der Waals surface area (Å²) in [6.07, 6.45) is 1.50. The van der Waals surface area contributed by atoms with E-state index in [1.54, 1.807) is 18.2 Å². The zero-order chi connectivity index (χ0) is 12.3. The summed E-state index contributed by atoms with van der Waals surface area (Å²) in [4.78, 5) is 10.9. The number of benzene rings is 1. The van der Waals surface area contributed by atoms with Gasteiger partial charge in [-0.2, -0.15) is 5.10 Å². The van der Waals surface area contributed by atoms with Crippen molar-refractivity contribution < 1.29 is 9.90 Å². The average Bonchev–Trinajstić information content (AvgIpc) is 2.69. The highest BCUT2D eigenvalue weighted by Crippen LogP contribution is 2.20. The molecule has 0 saturated carbocycles. The molecule has 2 N–H and O–H groups in total. The third-order valence-electron chi connectivity index (χ3n) is 1.91. The highest BCUT2D eigenvalue weighted by atomic mass is 79.9. The maximum absolute atomic E-state index is 10.9. The number of carbonyl (C=O) groups is 1. The van der Waals surface area contributed by atoms with Crippen LogP contribution in [0.2, 0.25) is 0 Å². The Morgan fingerprint density at radius 2 is 2.35 bits per heavy atom. The van der Waals surface area contributed by atoms with E-state index in [9.17, 15) is 9.90 Å². The van der Waals surface area contributed by atoms with Gasteiger partial charge in [-0.1, -0.05) is 27.7 Å². The van der Waals surface area contributed by atoms with E-state index in [0.29, 0.717) is 16.5 Å². The fourth-order valence-corrected chi connectivity index (χ4v) is 2.13. The van der Waals surface area contributed by atoms with Gasteiger partial charge in [-0.05, 0) is 18.2 Å². The summed E-state index contributed by atoms with van der Waals surface area (Å²) in [7, 11) is 0. The van der Waals surface area contributed by atoms with Gasteiger partial charge in [-0.25, -0.2) is 0 Å². The number of carbonyl (C=O) groups excluding carboxylic acids is 1. The number of hydrogen-bond acceptors (Lipinski definition) is 5. The smallest absolute Gasteiger partial charge is 0.236 e. The third kappa shape index (κ3) is 3.31. The Kier molecular flexibility index (Phi) is 3.80. The summed E-state index contributed by atoms with van der Waals surface area (Å²) in [5.74, 6) is 0.470. The van der Waals surface area contributed by atoms with E-state index in [0.717, 1.165) is 4.47 Å². The molecule has 7 heteroatoms. The van der Waals surface area contributed by atoms with Crippen LogP contribution in [0.3, 0.4) is 0 Å². The number of thioether (sulfide) groups is 1. The molecule has 1 aliphatic rings. The van der Waals surface area contributed by atoms with Gasteiger partial charge in [0.2, 0.25) is 5.91 Å². The van der Waals surface area contributed by atoms with Gasteiger partial charge in [0.25, 0.3) is 0 Å². The van der Waals surface area contributed by atoms with Gasteiger partial charge in [0.05, 0.1) is 12.0 Å². The van der Waals surface area contributed by atoms with Crippen LogP contribution in [0.25, 0.3) is 0 Å². The van der Waals surface area contributed by atoms with Gasteiger partial charge in [-0.15, -0.1) is 5.10 Å². The fraction of sp³-hybridized carbons (Fsp3) is 0.100. The molecule has 1 fully saturated rings. The van der Waals surface area contributed by atoms with Crippen molar-refractivity contribution in [1.82, 2.24) is 5.32 Å². The molecule has 0 spiro atoms. The normalized spacial score (nSPS) is 17.9. The number of phenols is 1. The van der Waals surface area contributed by atoms with Crippen LogP contribution < -0.4 is 5.32 Å². The lowest BCUT2D eigenvalue weighted by atomic mass is 10.2. The van der Waals surface area contributed by atoms with Crippen LogP contribution in [0.15, 0.2) is 32.9 Å². The summed E-state index contributed by atoms with van der Waals surface area (Å²) in [6, 6.07) is 4.85.